The molecule has 1 radical (unpaired) electrons. The van der Waals surface area contributed by atoms with Crippen molar-refractivity contribution in [2.45, 2.75) is 20.8 Å². The second kappa shape index (κ2) is 13.4. The van der Waals surface area contributed by atoms with E-state index in [0.29, 0.717) is 0 Å². The van der Waals surface area contributed by atoms with Crippen LogP contribution in [0.2, 0.25) is 0 Å². The van der Waals surface area contributed by atoms with Crippen molar-refractivity contribution in [3.05, 3.63) is 48.0 Å². The van der Waals surface area contributed by atoms with Crippen molar-refractivity contribution in [2.75, 3.05) is 0 Å². The molecule has 0 aromatic carbocycles. The summed E-state index contributed by atoms with van der Waals surface area (Å²) in [6.07, 6.45) is 4.09. The average molecular weight is 236 g/mol. The van der Waals surface area contributed by atoms with E-state index in [1.807, 2.05) is 20.8 Å². The first-order valence-electron chi connectivity index (χ1n) is 3.18. The molecule has 0 atom stereocenters. The summed E-state index contributed by atoms with van der Waals surface area (Å²) in [5, 5.41) is 0. The van der Waals surface area contributed by atoms with E-state index in [1.165, 1.54) is 6.20 Å². The molecule has 0 rings (SSSR count). The third-order valence-corrected chi connectivity index (χ3v) is 1.06. The SMILES string of the molecule is [C-]#[N+]C=C.[CH-]=C(C)C(C)=[C-]C.[Y]. The smallest absolute Gasteiger partial charge is 0.147 e. The average Bonchev–Trinajstić information content (AvgIpc) is 2.03. The van der Waals surface area contributed by atoms with Crippen molar-refractivity contribution in [2.24, 2.45) is 0 Å². The molecule has 63 valence electrons. The fraction of sp³-hybridized carbons (Fsp3) is 0.300. The Morgan fingerprint density at radius 3 is 1.92 bits per heavy atom. The van der Waals surface area contributed by atoms with Gasteiger partial charge in [-0.2, -0.15) is 0 Å². The van der Waals surface area contributed by atoms with Crippen LogP contribution in [0.15, 0.2) is 23.9 Å². The van der Waals surface area contributed by atoms with Gasteiger partial charge in [0.2, 0.25) is 0 Å². The molecule has 0 fully saturated rings. The van der Waals surface area contributed by atoms with Gasteiger partial charge in [0.1, 0.15) is 6.20 Å². The number of rotatable bonds is 1. The third kappa shape index (κ3) is 16.4. The molecule has 0 unspecified atom stereocenters. The summed E-state index contributed by atoms with van der Waals surface area (Å²) >= 11 is 0. The van der Waals surface area contributed by atoms with Gasteiger partial charge in [0.25, 0.3) is 0 Å². The first-order valence-corrected chi connectivity index (χ1v) is 3.18. The van der Waals surface area contributed by atoms with Gasteiger partial charge in [0.05, 0.1) is 6.57 Å². The van der Waals surface area contributed by atoms with E-state index in [9.17, 15) is 0 Å². The van der Waals surface area contributed by atoms with Crippen molar-refractivity contribution in [1.29, 1.82) is 0 Å². The maximum absolute atomic E-state index is 5.96. The van der Waals surface area contributed by atoms with Crippen molar-refractivity contribution < 1.29 is 32.7 Å². The van der Waals surface area contributed by atoms with Crippen molar-refractivity contribution in [3.63, 3.8) is 0 Å². The van der Waals surface area contributed by atoms with E-state index in [4.69, 9.17) is 13.2 Å². The summed E-state index contributed by atoms with van der Waals surface area (Å²) in [5.41, 5.74) is 1.89. The van der Waals surface area contributed by atoms with Crippen LogP contribution in [-0.4, -0.2) is 0 Å². The first kappa shape index (κ1) is 17.8. The Balaban J connectivity index is -0.000000142. The molecule has 2 heteroatoms. The Bertz CT molecular complexity index is 196. The van der Waals surface area contributed by atoms with Crippen LogP contribution in [0.4, 0.5) is 0 Å². The fourth-order valence-corrected chi connectivity index (χ4v) is 0.197. The van der Waals surface area contributed by atoms with Crippen LogP contribution in [0, 0.1) is 19.2 Å². The topological polar surface area (TPSA) is 4.36 Å². The minimum atomic E-state index is 0. The molecule has 0 bridgehead atoms. The van der Waals surface area contributed by atoms with Gasteiger partial charge in [-0.15, -0.1) is 27.4 Å². The molecule has 1 nitrogen and oxygen atoms in total. The largest absolute Gasteiger partial charge is 0.391 e. The Kier molecular flexibility index (Phi) is 19.9. The van der Waals surface area contributed by atoms with Gasteiger partial charge in [0.15, 0.2) is 0 Å². The van der Waals surface area contributed by atoms with Crippen LogP contribution in [0.3, 0.4) is 0 Å². The molecule has 0 saturated heterocycles. The summed E-state index contributed by atoms with van der Waals surface area (Å²) < 4.78 is 0. The van der Waals surface area contributed by atoms with E-state index in [-0.39, 0.29) is 32.7 Å². The zero-order chi connectivity index (χ0) is 9.28. The van der Waals surface area contributed by atoms with E-state index in [2.05, 4.69) is 17.5 Å². The summed E-state index contributed by atoms with van der Waals surface area (Å²) in [6, 6.07) is 0. The molecule has 0 aromatic heterocycles. The van der Waals surface area contributed by atoms with Crippen LogP contribution in [0.25, 0.3) is 4.85 Å². The van der Waals surface area contributed by atoms with Crippen LogP contribution in [0.5, 0.6) is 0 Å². The van der Waals surface area contributed by atoms with Gasteiger partial charge in [0, 0.05) is 32.7 Å². The predicted molar refractivity (Wildman–Crippen MR) is 48.4 cm³/mol. The predicted octanol–water partition coefficient (Wildman–Crippen LogP) is 3.18. The number of hydrogen-bond donors (Lipinski definition) is 0. The van der Waals surface area contributed by atoms with E-state index >= 15 is 0 Å². The third-order valence-electron chi connectivity index (χ3n) is 1.06. The summed E-state index contributed by atoms with van der Waals surface area (Å²) in [4.78, 5) is 2.75. The first-order chi connectivity index (χ1) is 5.09. The molecule has 0 aliphatic rings. The minimum Gasteiger partial charge on any atom is -0.391 e. The molecule has 0 amide bonds. The fourth-order valence-electron chi connectivity index (χ4n) is 0.197. The summed E-state index contributed by atoms with van der Waals surface area (Å²) in [5.74, 6) is 0. The van der Waals surface area contributed by atoms with Crippen molar-refractivity contribution in [1.82, 2.24) is 0 Å². The molecule has 0 heterocycles. The standard InChI is InChI=1S/C7H10.C3H3N.Y/c1-5-7(4)6(2)3;1-3-4-2;/h2H,1,3-4H3;3H,1H2;/q-2;;. The number of hydrogen-bond acceptors (Lipinski definition) is 0. The van der Waals surface area contributed by atoms with Crippen LogP contribution >= 0.6 is 0 Å². The minimum absolute atomic E-state index is 0. The number of allylic oxidation sites excluding steroid dienone is 3. The van der Waals surface area contributed by atoms with Gasteiger partial charge in [-0.3, -0.25) is 0 Å². The molecule has 0 spiro atoms. The normalized spacial score (nSPS) is 8.00. The second-order valence-electron chi connectivity index (χ2n) is 1.87. The van der Waals surface area contributed by atoms with Gasteiger partial charge >= 0.3 is 0 Å². The molecule has 0 aliphatic heterocycles. The van der Waals surface area contributed by atoms with E-state index < -0.39 is 0 Å². The zero-order valence-electron chi connectivity index (χ0n) is 7.89. The summed E-state index contributed by atoms with van der Waals surface area (Å²) in [6.45, 7) is 20.1. The monoisotopic (exact) mass is 236 g/mol. The molecule has 0 N–H and O–H groups in total. The van der Waals surface area contributed by atoms with Gasteiger partial charge in [-0.25, -0.2) is 4.85 Å². The van der Waals surface area contributed by atoms with Crippen molar-refractivity contribution in [3.8, 4) is 0 Å². The van der Waals surface area contributed by atoms with E-state index in [0.717, 1.165) is 11.1 Å². The Morgan fingerprint density at radius 1 is 1.58 bits per heavy atom. The molecular weight excluding hydrogens is 223 g/mol. The molecular formula is C10H13NY-2. The maximum atomic E-state index is 5.96. The quantitative estimate of drug-likeness (QED) is 0.486. The van der Waals surface area contributed by atoms with Gasteiger partial charge < -0.3 is 23.8 Å². The molecule has 0 aromatic rings. The van der Waals surface area contributed by atoms with Gasteiger partial charge in [-0.05, 0) is 0 Å². The Labute approximate surface area is 101 Å². The number of nitrogens with zero attached hydrogens (tertiary/aromatic N) is 1. The van der Waals surface area contributed by atoms with E-state index in [1.54, 1.807) is 0 Å². The van der Waals surface area contributed by atoms with Crippen molar-refractivity contribution >= 4 is 0 Å². The zero-order valence-corrected chi connectivity index (χ0v) is 10.7. The Morgan fingerprint density at radius 2 is 1.92 bits per heavy atom. The molecule has 12 heavy (non-hydrogen) atoms. The van der Waals surface area contributed by atoms with Crippen LogP contribution in [0.1, 0.15) is 20.8 Å². The second-order valence-corrected chi connectivity index (χ2v) is 1.87. The van der Waals surface area contributed by atoms with Crippen LogP contribution < -0.4 is 0 Å². The Hall–Kier alpha value is -0.186. The summed E-state index contributed by atoms with van der Waals surface area (Å²) in [7, 11) is 0. The van der Waals surface area contributed by atoms with Gasteiger partial charge in [-0.1, -0.05) is 0 Å². The molecule has 0 aliphatic carbocycles. The molecule has 0 saturated carbocycles. The van der Waals surface area contributed by atoms with Crippen LogP contribution in [-0.2, 0) is 32.7 Å². The maximum Gasteiger partial charge on any atom is 0.147 e.